The quantitative estimate of drug-likeness (QED) is 0.743. The van der Waals surface area contributed by atoms with Crippen LogP contribution in [0.4, 0.5) is 0 Å². The molecular weight excluding hydrogens is 284 g/mol. The van der Waals surface area contributed by atoms with Crippen molar-refractivity contribution in [3.8, 4) is 16.9 Å². The van der Waals surface area contributed by atoms with Crippen molar-refractivity contribution in [2.45, 2.75) is 26.8 Å². The average molecular weight is 308 g/mol. The molecule has 0 saturated heterocycles. The lowest BCUT2D eigenvalue weighted by molar-refractivity contribution is 0.477. The lowest BCUT2D eigenvalue weighted by Gasteiger charge is -2.10. The molecule has 120 valence electrons. The van der Waals surface area contributed by atoms with Gasteiger partial charge in [0, 0.05) is 29.2 Å². The van der Waals surface area contributed by atoms with Crippen LogP contribution < -0.4 is 5.73 Å². The van der Waals surface area contributed by atoms with Gasteiger partial charge in [0.15, 0.2) is 0 Å². The first kappa shape index (κ1) is 15.6. The number of nitrogens with two attached hydrogens (primary N) is 1. The van der Waals surface area contributed by atoms with E-state index in [4.69, 9.17) is 5.73 Å². The molecule has 0 unspecified atom stereocenters. The Kier molecular flexibility index (Phi) is 4.39. The van der Waals surface area contributed by atoms with E-state index in [0.29, 0.717) is 18.2 Å². The summed E-state index contributed by atoms with van der Waals surface area (Å²) in [7, 11) is 0. The molecule has 2 aromatic carbocycles. The number of aromatic nitrogens is 1. The highest BCUT2D eigenvalue weighted by molar-refractivity contribution is 5.89. The van der Waals surface area contributed by atoms with Crippen molar-refractivity contribution in [1.29, 1.82) is 0 Å². The maximum atomic E-state index is 10.1. The van der Waals surface area contributed by atoms with Gasteiger partial charge >= 0.3 is 0 Å². The van der Waals surface area contributed by atoms with Gasteiger partial charge < -0.3 is 15.4 Å². The van der Waals surface area contributed by atoms with E-state index in [1.54, 1.807) is 6.07 Å². The Morgan fingerprint density at radius 2 is 1.91 bits per heavy atom. The van der Waals surface area contributed by atoms with Gasteiger partial charge in [0.25, 0.3) is 0 Å². The van der Waals surface area contributed by atoms with Crippen molar-refractivity contribution in [3.63, 3.8) is 0 Å². The first-order valence-electron chi connectivity index (χ1n) is 8.20. The van der Waals surface area contributed by atoms with Gasteiger partial charge in [-0.3, -0.25) is 0 Å². The number of hydrogen-bond acceptors (Lipinski definition) is 2. The number of aromatic hydroxyl groups is 1. The number of phenols is 1. The monoisotopic (exact) mass is 308 g/mol. The molecule has 0 aliphatic heterocycles. The molecule has 3 heteroatoms. The zero-order chi connectivity index (χ0) is 16.4. The molecule has 0 saturated carbocycles. The summed E-state index contributed by atoms with van der Waals surface area (Å²) in [5, 5.41) is 11.4. The molecule has 3 rings (SSSR count). The lowest BCUT2D eigenvalue weighted by atomic mass is 10.0. The van der Waals surface area contributed by atoms with E-state index in [9.17, 15) is 5.11 Å². The van der Waals surface area contributed by atoms with E-state index in [0.717, 1.165) is 24.1 Å². The van der Waals surface area contributed by atoms with Crippen molar-refractivity contribution in [2.24, 2.45) is 11.7 Å². The molecule has 0 radical (unpaired) electrons. The maximum Gasteiger partial charge on any atom is 0.123 e. The minimum absolute atomic E-state index is 0.316. The van der Waals surface area contributed by atoms with E-state index >= 15 is 0 Å². The molecule has 0 fully saturated rings. The summed E-state index contributed by atoms with van der Waals surface area (Å²) in [6.07, 6.45) is 3.11. The summed E-state index contributed by atoms with van der Waals surface area (Å²) in [4.78, 5) is 0. The summed E-state index contributed by atoms with van der Waals surface area (Å²) in [6.45, 7) is 6.08. The highest BCUT2D eigenvalue weighted by atomic mass is 16.3. The topological polar surface area (TPSA) is 51.2 Å². The largest absolute Gasteiger partial charge is 0.507 e. The van der Waals surface area contributed by atoms with E-state index in [1.807, 2.05) is 18.2 Å². The van der Waals surface area contributed by atoms with Crippen LogP contribution in [-0.4, -0.2) is 16.2 Å². The SMILES string of the molecule is CC(C)Cn1cc(CCN)c2ccc(-c3ccccc3O)cc21. The van der Waals surface area contributed by atoms with Gasteiger partial charge in [0.2, 0.25) is 0 Å². The van der Waals surface area contributed by atoms with Gasteiger partial charge in [-0.25, -0.2) is 0 Å². The molecular formula is C20H24N2O. The third kappa shape index (κ3) is 3.10. The number of phenolic OH excluding ortho intramolecular Hbond substituents is 1. The fourth-order valence-corrected chi connectivity index (χ4v) is 3.15. The van der Waals surface area contributed by atoms with E-state index in [2.05, 4.69) is 42.8 Å². The Morgan fingerprint density at radius 1 is 1.13 bits per heavy atom. The van der Waals surface area contributed by atoms with Crippen molar-refractivity contribution in [3.05, 3.63) is 54.2 Å². The van der Waals surface area contributed by atoms with Crippen molar-refractivity contribution in [1.82, 2.24) is 4.57 Å². The Labute approximate surface area is 137 Å². The number of rotatable bonds is 5. The van der Waals surface area contributed by atoms with Gasteiger partial charge in [-0.1, -0.05) is 44.2 Å². The molecule has 1 aromatic heterocycles. The summed E-state index contributed by atoms with van der Waals surface area (Å²) >= 11 is 0. The van der Waals surface area contributed by atoms with Crippen molar-refractivity contribution >= 4 is 10.9 Å². The van der Waals surface area contributed by atoms with Crippen LogP contribution in [0, 0.1) is 5.92 Å². The molecule has 3 nitrogen and oxygen atoms in total. The zero-order valence-corrected chi connectivity index (χ0v) is 13.8. The molecule has 0 aliphatic rings. The standard InChI is InChI=1S/C20H24N2O/c1-14(2)12-22-13-16(9-10-21)17-8-7-15(11-19(17)22)18-5-3-4-6-20(18)23/h3-8,11,13-14,23H,9-10,12,21H2,1-2H3. The predicted octanol–water partition coefficient (Wildman–Crippen LogP) is 4.17. The Hall–Kier alpha value is -2.26. The predicted molar refractivity (Wildman–Crippen MR) is 96.6 cm³/mol. The average Bonchev–Trinajstić information content (AvgIpc) is 2.85. The van der Waals surface area contributed by atoms with Gasteiger partial charge in [-0.15, -0.1) is 0 Å². The molecule has 0 spiro atoms. The lowest BCUT2D eigenvalue weighted by Crippen LogP contribution is -2.04. The second-order valence-corrected chi connectivity index (χ2v) is 6.49. The third-order valence-electron chi connectivity index (χ3n) is 4.16. The minimum atomic E-state index is 0.316. The highest BCUT2D eigenvalue weighted by Crippen LogP contribution is 2.32. The van der Waals surface area contributed by atoms with Crippen LogP contribution >= 0.6 is 0 Å². The fourth-order valence-electron chi connectivity index (χ4n) is 3.15. The maximum absolute atomic E-state index is 10.1. The number of nitrogens with zero attached hydrogens (tertiary/aromatic N) is 1. The molecule has 0 amide bonds. The van der Waals surface area contributed by atoms with Gasteiger partial charge in [-0.05, 0) is 42.1 Å². The van der Waals surface area contributed by atoms with Crippen LogP contribution in [0.5, 0.6) is 5.75 Å². The summed E-state index contributed by atoms with van der Waals surface area (Å²) < 4.78 is 2.31. The molecule has 1 heterocycles. The van der Waals surface area contributed by atoms with Crippen LogP contribution in [0.1, 0.15) is 19.4 Å². The second kappa shape index (κ2) is 6.47. The van der Waals surface area contributed by atoms with Crippen LogP contribution in [-0.2, 0) is 13.0 Å². The second-order valence-electron chi connectivity index (χ2n) is 6.49. The van der Waals surface area contributed by atoms with Crippen LogP contribution in [0.15, 0.2) is 48.7 Å². The van der Waals surface area contributed by atoms with Gasteiger partial charge in [-0.2, -0.15) is 0 Å². The zero-order valence-electron chi connectivity index (χ0n) is 13.8. The molecule has 0 aliphatic carbocycles. The molecule has 0 bridgehead atoms. The van der Waals surface area contributed by atoms with Crippen LogP contribution in [0.25, 0.3) is 22.0 Å². The first-order valence-corrected chi connectivity index (χ1v) is 8.20. The highest BCUT2D eigenvalue weighted by Gasteiger charge is 2.12. The number of para-hydroxylation sites is 1. The van der Waals surface area contributed by atoms with Crippen molar-refractivity contribution < 1.29 is 5.11 Å². The third-order valence-corrected chi connectivity index (χ3v) is 4.16. The van der Waals surface area contributed by atoms with E-state index < -0.39 is 0 Å². The van der Waals surface area contributed by atoms with E-state index in [1.165, 1.54) is 16.5 Å². The minimum Gasteiger partial charge on any atom is -0.507 e. The summed E-state index contributed by atoms with van der Waals surface area (Å²) in [5.74, 6) is 0.890. The Morgan fingerprint density at radius 3 is 2.61 bits per heavy atom. The van der Waals surface area contributed by atoms with Gasteiger partial charge in [0.05, 0.1) is 0 Å². The number of hydrogen-bond donors (Lipinski definition) is 2. The Balaban J connectivity index is 2.15. The van der Waals surface area contributed by atoms with Crippen LogP contribution in [0.3, 0.4) is 0 Å². The number of benzene rings is 2. The first-order chi connectivity index (χ1) is 11.1. The molecule has 3 N–H and O–H groups in total. The van der Waals surface area contributed by atoms with Crippen LogP contribution in [0.2, 0.25) is 0 Å². The van der Waals surface area contributed by atoms with Gasteiger partial charge in [0.1, 0.15) is 5.75 Å². The smallest absolute Gasteiger partial charge is 0.123 e. The van der Waals surface area contributed by atoms with E-state index in [-0.39, 0.29) is 0 Å². The summed E-state index contributed by atoms with van der Waals surface area (Å²) in [6, 6.07) is 13.9. The fraction of sp³-hybridized carbons (Fsp3) is 0.300. The number of fused-ring (bicyclic) bond motifs is 1. The molecule has 0 atom stereocenters. The summed E-state index contributed by atoms with van der Waals surface area (Å²) in [5.41, 5.74) is 10.2. The Bertz CT molecular complexity index is 818. The van der Waals surface area contributed by atoms with Crippen molar-refractivity contribution in [2.75, 3.05) is 6.54 Å². The molecule has 23 heavy (non-hydrogen) atoms. The normalized spacial score (nSPS) is 11.5. The molecule has 3 aromatic rings.